The highest BCUT2D eigenvalue weighted by Gasteiger charge is 2.35. The summed E-state index contributed by atoms with van der Waals surface area (Å²) in [5.41, 5.74) is 2.12. The highest BCUT2D eigenvalue weighted by molar-refractivity contribution is 7.88. The van der Waals surface area contributed by atoms with E-state index < -0.39 is 10.0 Å². The molecule has 2 aliphatic rings. The number of hydrogen-bond donors (Lipinski definition) is 0. The van der Waals surface area contributed by atoms with Gasteiger partial charge < -0.3 is 4.74 Å². The summed E-state index contributed by atoms with van der Waals surface area (Å²) in [5, 5.41) is 0.683. The number of hydrogen-bond acceptors (Lipinski definition) is 6. The summed E-state index contributed by atoms with van der Waals surface area (Å²) in [7, 11) is -3.31. The quantitative estimate of drug-likeness (QED) is 0.674. The molecule has 0 aliphatic carbocycles. The SMILES string of the molecule is CCc1cccc2sc(N(CC3CCCO3)C(=O)C3CCCN(S(C)(=O)=O)C3)nc12. The second-order valence-electron chi connectivity index (χ2n) is 8.16. The zero-order chi connectivity index (χ0) is 21.3. The van der Waals surface area contributed by atoms with Crippen LogP contribution in [0.5, 0.6) is 0 Å². The van der Waals surface area contributed by atoms with Gasteiger partial charge in [-0.15, -0.1) is 0 Å². The Morgan fingerprint density at radius 1 is 1.33 bits per heavy atom. The number of rotatable bonds is 6. The molecule has 7 nitrogen and oxygen atoms in total. The van der Waals surface area contributed by atoms with Crippen molar-refractivity contribution in [1.29, 1.82) is 0 Å². The van der Waals surface area contributed by atoms with Gasteiger partial charge in [0.1, 0.15) is 0 Å². The van der Waals surface area contributed by atoms with Crippen LogP contribution in [0.1, 0.15) is 38.2 Å². The molecule has 0 spiro atoms. The first-order valence-corrected chi connectivity index (χ1v) is 13.3. The molecule has 30 heavy (non-hydrogen) atoms. The molecule has 2 aromatic rings. The molecule has 0 bridgehead atoms. The number of thiazole rings is 1. The van der Waals surface area contributed by atoms with Gasteiger partial charge in [0.2, 0.25) is 15.9 Å². The number of aromatic nitrogens is 1. The van der Waals surface area contributed by atoms with Crippen LogP contribution in [0.3, 0.4) is 0 Å². The van der Waals surface area contributed by atoms with Crippen LogP contribution in [-0.2, 0) is 26.0 Å². The number of fused-ring (bicyclic) bond motifs is 1. The number of para-hydroxylation sites is 1. The number of carbonyl (C=O) groups is 1. The second-order valence-corrected chi connectivity index (χ2v) is 11.1. The van der Waals surface area contributed by atoms with Gasteiger partial charge in [-0.25, -0.2) is 17.7 Å². The fourth-order valence-electron chi connectivity index (χ4n) is 4.31. The van der Waals surface area contributed by atoms with Gasteiger partial charge in [-0.05, 0) is 43.7 Å². The van der Waals surface area contributed by atoms with Crippen molar-refractivity contribution in [2.45, 2.75) is 45.1 Å². The molecule has 2 atom stereocenters. The fourth-order valence-corrected chi connectivity index (χ4v) is 6.25. The lowest BCUT2D eigenvalue weighted by Gasteiger charge is -2.33. The number of sulfonamides is 1. The third-order valence-corrected chi connectivity index (χ3v) is 8.29. The molecule has 1 aromatic heterocycles. The smallest absolute Gasteiger partial charge is 0.233 e. The summed E-state index contributed by atoms with van der Waals surface area (Å²) in [6.07, 6.45) is 5.40. The number of piperidine rings is 1. The Hall–Kier alpha value is -1.55. The Kier molecular flexibility index (Phi) is 6.43. The Labute approximate surface area is 182 Å². The molecule has 2 aliphatic heterocycles. The summed E-state index contributed by atoms with van der Waals surface area (Å²) in [6.45, 7) is 4.01. The van der Waals surface area contributed by atoms with Crippen LogP contribution >= 0.6 is 11.3 Å². The van der Waals surface area contributed by atoms with Gasteiger partial charge in [-0.1, -0.05) is 30.4 Å². The van der Waals surface area contributed by atoms with Crippen molar-refractivity contribution in [2.75, 3.05) is 37.4 Å². The molecule has 1 amide bonds. The molecular formula is C21H29N3O4S2. The molecule has 9 heteroatoms. The Morgan fingerprint density at radius 2 is 2.17 bits per heavy atom. The van der Waals surface area contributed by atoms with E-state index in [-0.39, 0.29) is 24.5 Å². The van der Waals surface area contributed by atoms with Crippen LogP contribution < -0.4 is 4.90 Å². The topological polar surface area (TPSA) is 79.8 Å². The third-order valence-electron chi connectivity index (χ3n) is 5.98. The first-order valence-electron chi connectivity index (χ1n) is 10.6. The van der Waals surface area contributed by atoms with E-state index >= 15 is 0 Å². The zero-order valence-electron chi connectivity index (χ0n) is 17.5. The number of anilines is 1. The maximum absolute atomic E-state index is 13.6. The van der Waals surface area contributed by atoms with Crippen molar-refractivity contribution in [1.82, 2.24) is 9.29 Å². The highest BCUT2D eigenvalue weighted by Crippen LogP contribution is 2.33. The first-order chi connectivity index (χ1) is 14.4. The van der Waals surface area contributed by atoms with Crippen molar-refractivity contribution in [2.24, 2.45) is 5.92 Å². The molecule has 4 rings (SSSR count). The molecule has 2 fully saturated rings. The van der Waals surface area contributed by atoms with E-state index in [0.717, 1.165) is 36.1 Å². The lowest BCUT2D eigenvalue weighted by atomic mass is 9.98. The van der Waals surface area contributed by atoms with Gasteiger partial charge >= 0.3 is 0 Å². The van der Waals surface area contributed by atoms with Crippen LogP contribution in [0, 0.1) is 5.92 Å². The lowest BCUT2D eigenvalue weighted by molar-refractivity contribution is -0.123. The number of carbonyl (C=O) groups excluding carboxylic acids is 1. The molecule has 164 valence electrons. The number of amides is 1. The Balaban J connectivity index is 1.65. The summed E-state index contributed by atoms with van der Waals surface area (Å²) in [6, 6.07) is 6.14. The van der Waals surface area contributed by atoms with Crippen LogP contribution in [0.25, 0.3) is 10.2 Å². The Bertz CT molecular complexity index is 1010. The van der Waals surface area contributed by atoms with Crippen LogP contribution in [0.15, 0.2) is 18.2 Å². The standard InChI is InChI=1S/C21H29N3O4S2/c1-3-15-7-4-10-18-19(15)22-21(29-18)24(14-17-9-6-12-28-17)20(25)16-8-5-11-23(13-16)30(2,26)27/h4,7,10,16-17H,3,5-6,8-9,11-14H2,1-2H3. The van der Waals surface area contributed by atoms with Crippen molar-refractivity contribution in [3.63, 3.8) is 0 Å². The second kappa shape index (κ2) is 8.90. The largest absolute Gasteiger partial charge is 0.376 e. The van der Waals surface area contributed by atoms with Gasteiger partial charge in [0.25, 0.3) is 0 Å². The van der Waals surface area contributed by atoms with Crippen LogP contribution in [0.4, 0.5) is 5.13 Å². The maximum atomic E-state index is 13.6. The average Bonchev–Trinajstić information content (AvgIpc) is 3.40. The predicted molar refractivity (Wildman–Crippen MR) is 119 cm³/mol. The molecule has 0 saturated carbocycles. The number of nitrogens with zero attached hydrogens (tertiary/aromatic N) is 3. The van der Waals surface area contributed by atoms with Crippen molar-refractivity contribution in [3.05, 3.63) is 23.8 Å². The summed E-state index contributed by atoms with van der Waals surface area (Å²) in [4.78, 5) is 20.2. The maximum Gasteiger partial charge on any atom is 0.233 e. The van der Waals surface area contributed by atoms with Crippen molar-refractivity contribution >= 4 is 42.6 Å². The number of ether oxygens (including phenoxy) is 1. The summed E-state index contributed by atoms with van der Waals surface area (Å²) >= 11 is 1.52. The molecule has 2 saturated heterocycles. The fraction of sp³-hybridized carbons (Fsp3) is 0.619. The van der Waals surface area contributed by atoms with Crippen LogP contribution in [0.2, 0.25) is 0 Å². The van der Waals surface area contributed by atoms with E-state index in [2.05, 4.69) is 13.0 Å². The van der Waals surface area contributed by atoms with Crippen molar-refractivity contribution in [3.8, 4) is 0 Å². The summed E-state index contributed by atoms with van der Waals surface area (Å²) < 4.78 is 32.4. The molecular weight excluding hydrogens is 422 g/mol. The minimum absolute atomic E-state index is 0.00112. The number of benzene rings is 1. The highest BCUT2D eigenvalue weighted by atomic mass is 32.2. The van der Waals surface area contributed by atoms with E-state index in [9.17, 15) is 13.2 Å². The predicted octanol–water partition coefficient (Wildman–Crippen LogP) is 3.04. The molecule has 1 aromatic carbocycles. The van der Waals surface area contributed by atoms with E-state index in [1.807, 2.05) is 12.1 Å². The monoisotopic (exact) mass is 451 g/mol. The normalized spacial score (nSPS) is 23.1. The van der Waals surface area contributed by atoms with Crippen molar-refractivity contribution < 1.29 is 17.9 Å². The minimum atomic E-state index is -3.31. The van der Waals surface area contributed by atoms with E-state index in [4.69, 9.17) is 9.72 Å². The van der Waals surface area contributed by atoms with Crippen LogP contribution in [-0.4, -0.2) is 62.2 Å². The van der Waals surface area contributed by atoms with E-state index in [1.54, 1.807) is 4.90 Å². The third kappa shape index (κ3) is 4.54. The average molecular weight is 452 g/mol. The first kappa shape index (κ1) is 21.7. The molecule has 2 unspecified atom stereocenters. The van der Waals surface area contributed by atoms with Gasteiger partial charge in [0.05, 0.1) is 35.0 Å². The lowest BCUT2D eigenvalue weighted by Crippen LogP contribution is -2.48. The molecule has 0 N–H and O–H groups in total. The molecule has 0 radical (unpaired) electrons. The van der Waals surface area contributed by atoms with Gasteiger partial charge in [-0.2, -0.15) is 0 Å². The minimum Gasteiger partial charge on any atom is -0.376 e. The van der Waals surface area contributed by atoms with Gasteiger partial charge in [-0.3, -0.25) is 9.69 Å². The van der Waals surface area contributed by atoms with Gasteiger partial charge in [0.15, 0.2) is 5.13 Å². The van der Waals surface area contributed by atoms with E-state index in [1.165, 1.54) is 27.5 Å². The zero-order valence-corrected chi connectivity index (χ0v) is 19.2. The summed E-state index contributed by atoms with van der Waals surface area (Å²) in [5.74, 6) is -0.400. The number of aryl methyl sites for hydroxylation is 1. The Morgan fingerprint density at radius 3 is 2.87 bits per heavy atom. The van der Waals surface area contributed by atoms with Gasteiger partial charge in [0, 0.05) is 19.7 Å². The molecule has 3 heterocycles. The van der Waals surface area contributed by atoms with E-state index in [0.29, 0.717) is 31.1 Å².